The maximum atomic E-state index is 12.1. The molecule has 0 aliphatic carbocycles. The minimum absolute atomic E-state index is 0.0838. The Balaban J connectivity index is 1.69. The van der Waals surface area contributed by atoms with E-state index in [1.54, 1.807) is 0 Å². The van der Waals surface area contributed by atoms with E-state index in [0.717, 1.165) is 11.8 Å². The summed E-state index contributed by atoms with van der Waals surface area (Å²) in [5, 5.41) is 10.5. The summed E-state index contributed by atoms with van der Waals surface area (Å²) in [5.41, 5.74) is 5.35. The van der Waals surface area contributed by atoms with Crippen molar-refractivity contribution in [3.8, 4) is 0 Å². The Morgan fingerprint density at radius 1 is 1.33 bits per heavy atom. The summed E-state index contributed by atoms with van der Waals surface area (Å²) < 4.78 is 22.7. The largest absolute Gasteiger partial charge is 0.453 e. The van der Waals surface area contributed by atoms with Gasteiger partial charge in [-0.25, -0.2) is 9.98 Å². The monoisotopic (exact) mass is 416 g/mol. The van der Waals surface area contributed by atoms with Crippen LogP contribution in [0.1, 0.15) is 18.8 Å². The van der Waals surface area contributed by atoms with Gasteiger partial charge < -0.3 is 29.8 Å². The standard InChI is InChI=1S/C19H20N4O7/c1-9(24)28-15-13(22-11-7-21-19(20)23-16(11)25)17(26)29-12-8-27-18(30-14(12)15)10-5-3-2-4-6-10/h2-7,12,14-15,17-18,26H,8H2,1H3,(H3,20,21,23,25)/b22-13-/t12-,14+,15-,17?,18?/m1/s1. The number of aromatic amines is 1. The highest BCUT2D eigenvalue weighted by Gasteiger charge is 2.49. The molecule has 2 fully saturated rings. The summed E-state index contributed by atoms with van der Waals surface area (Å²) in [7, 11) is 0. The van der Waals surface area contributed by atoms with Crippen LogP contribution in [0.2, 0.25) is 0 Å². The van der Waals surface area contributed by atoms with Crippen LogP contribution in [0.4, 0.5) is 11.6 Å². The number of nitrogen functional groups attached to an aromatic ring is 1. The molecule has 30 heavy (non-hydrogen) atoms. The highest BCUT2D eigenvalue weighted by atomic mass is 16.7. The van der Waals surface area contributed by atoms with Crippen LogP contribution in [0, 0.1) is 0 Å². The minimum Gasteiger partial charge on any atom is -0.453 e. The number of carbonyl (C=O) groups excluding carboxylic acids is 1. The molecule has 4 rings (SSSR count). The van der Waals surface area contributed by atoms with E-state index in [2.05, 4.69) is 15.0 Å². The first kappa shape index (κ1) is 20.2. The molecule has 0 spiro atoms. The molecule has 4 N–H and O–H groups in total. The number of aromatic nitrogens is 2. The van der Waals surface area contributed by atoms with Crippen LogP contribution in [0.5, 0.6) is 0 Å². The van der Waals surface area contributed by atoms with Crippen LogP contribution in [0.25, 0.3) is 0 Å². The SMILES string of the molecule is CC(=O)O[C@@H]1/C(=N/c2cnc(N)[nH]c2=O)C(O)O[C@@H]2COC(c3ccccc3)O[C@H]12. The number of aliphatic hydroxyl groups is 1. The summed E-state index contributed by atoms with van der Waals surface area (Å²) in [6.07, 6.45) is -3.78. The lowest BCUT2D eigenvalue weighted by molar-refractivity contribution is -0.304. The molecule has 0 radical (unpaired) electrons. The van der Waals surface area contributed by atoms with Gasteiger partial charge in [0.2, 0.25) is 0 Å². The quantitative estimate of drug-likeness (QED) is 0.594. The molecule has 158 valence electrons. The fourth-order valence-electron chi connectivity index (χ4n) is 3.30. The number of H-pyrrole nitrogens is 1. The van der Waals surface area contributed by atoms with Crippen molar-refractivity contribution in [2.24, 2.45) is 4.99 Å². The van der Waals surface area contributed by atoms with Gasteiger partial charge in [0.05, 0.1) is 12.8 Å². The third-order valence-corrected chi connectivity index (χ3v) is 4.62. The average molecular weight is 416 g/mol. The van der Waals surface area contributed by atoms with E-state index in [1.165, 1.54) is 6.92 Å². The highest BCUT2D eigenvalue weighted by molar-refractivity contribution is 5.96. The first-order valence-corrected chi connectivity index (χ1v) is 9.18. The molecule has 3 heterocycles. The Bertz CT molecular complexity index is 1010. The van der Waals surface area contributed by atoms with Crippen molar-refractivity contribution in [2.45, 2.75) is 37.8 Å². The Kier molecular flexibility index (Phi) is 5.59. The smallest absolute Gasteiger partial charge is 0.303 e. The van der Waals surface area contributed by atoms with Crippen molar-refractivity contribution in [2.75, 3.05) is 12.3 Å². The fraction of sp³-hybridized carbons (Fsp3) is 0.368. The predicted octanol–water partition coefficient (Wildman–Crippen LogP) is 0.188. The van der Waals surface area contributed by atoms with Gasteiger partial charge in [-0.3, -0.25) is 14.6 Å². The predicted molar refractivity (Wildman–Crippen MR) is 103 cm³/mol. The van der Waals surface area contributed by atoms with E-state index in [0.29, 0.717) is 0 Å². The van der Waals surface area contributed by atoms with E-state index >= 15 is 0 Å². The summed E-state index contributed by atoms with van der Waals surface area (Å²) >= 11 is 0. The number of nitrogens with zero attached hydrogens (tertiary/aromatic N) is 2. The summed E-state index contributed by atoms with van der Waals surface area (Å²) in [5.74, 6) is -0.698. The van der Waals surface area contributed by atoms with E-state index in [1.807, 2.05) is 30.3 Å². The Morgan fingerprint density at radius 3 is 2.80 bits per heavy atom. The van der Waals surface area contributed by atoms with Crippen molar-refractivity contribution >= 4 is 23.3 Å². The van der Waals surface area contributed by atoms with Gasteiger partial charge in [-0.05, 0) is 0 Å². The zero-order valence-corrected chi connectivity index (χ0v) is 15.9. The number of esters is 1. The second kappa shape index (κ2) is 8.32. The van der Waals surface area contributed by atoms with Gasteiger partial charge in [0.1, 0.15) is 23.6 Å². The molecule has 0 amide bonds. The van der Waals surface area contributed by atoms with Crippen LogP contribution in [0.15, 0.2) is 46.3 Å². The lowest BCUT2D eigenvalue weighted by Crippen LogP contribution is -2.61. The molecule has 1 aromatic carbocycles. The third-order valence-electron chi connectivity index (χ3n) is 4.62. The molecule has 11 heteroatoms. The number of anilines is 1. The molecule has 2 saturated heterocycles. The number of rotatable bonds is 3. The number of hydrogen-bond donors (Lipinski definition) is 3. The third kappa shape index (κ3) is 4.09. The number of benzene rings is 1. The van der Waals surface area contributed by atoms with Crippen LogP contribution in [-0.2, 0) is 23.7 Å². The van der Waals surface area contributed by atoms with Crippen molar-refractivity contribution in [1.29, 1.82) is 0 Å². The molecule has 5 atom stereocenters. The lowest BCUT2D eigenvalue weighted by Gasteiger charge is -2.44. The summed E-state index contributed by atoms with van der Waals surface area (Å²) in [6.45, 7) is 1.32. The molecule has 0 saturated carbocycles. The Morgan fingerprint density at radius 2 is 2.10 bits per heavy atom. The molecular weight excluding hydrogens is 396 g/mol. The van der Waals surface area contributed by atoms with Crippen molar-refractivity contribution in [3.05, 3.63) is 52.4 Å². The molecule has 11 nitrogen and oxygen atoms in total. The van der Waals surface area contributed by atoms with Gasteiger partial charge in [0, 0.05) is 12.5 Å². The average Bonchev–Trinajstić information content (AvgIpc) is 2.72. The van der Waals surface area contributed by atoms with Gasteiger partial charge in [0.25, 0.3) is 5.56 Å². The van der Waals surface area contributed by atoms with Crippen molar-refractivity contribution in [1.82, 2.24) is 9.97 Å². The second-order valence-electron chi connectivity index (χ2n) is 6.75. The van der Waals surface area contributed by atoms with E-state index in [9.17, 15) is 14.7 Å². The van der Waals surface area contributed by atoms with Crippen LogP contribution >= 0.6 is 0 Å². The van der Waals surface area contributed by atoms with Gasteiger partial charge >= 0.3 is 5.97 Å². The zero-order chi connectivity index (χ0) is 21.3. The molecule has 2 aliphatic rings. The molecule has 2 aliphatic heterocycles. The molecule has 1 aromatic heterocycles. The highest BCUT2D eigenvalue weighted by Crippen LogP contribution is 2.34. The van der Waals surface area contributed by atoms with Crippen LogP contribution < -0.4 is 11.3 Å². The molecule has 2 unspecified atom stereocenters. The Hall–Kier alpha value is -3.12. The summed E-state index contributed by atoms with van der Waals surface area (Å²) in [6, 6.07) is 9.20. The van der Waals surface area contributed by atoms with Crippen molar-refractivity contribution < 1.29 is 28.8 Å². The maximum Gasteiger partial charge on any atom is 0.303 e. The lowest BCUT2D eigenvalue weighted by atomic mass is 9.98. The number of fused-ring (bicyclic) bond motifs is 1. The van der Waals surface area contributed by atoms with Gasteiger partial charge in [0.15, 0.2) is 24.6 Å². The maximum absolute atomic E-state index is 12.1. The fourth-order valence-corrected chi connectivity index (χ4v) is 3.30. The molecular formula is C19H20N4O7. The first-order chi connectivity index (χ1) is 14.4. The topological polar surface area (TPSA) is 158 Å². The van der Waals surface area contributed by atoms with Gasteiger partial charge in [-0.15, -0.1) is 0 Å². The number of aliphatic imine (C=N–C) groups is 1. The number of nitrogens with two attached hydrogens (primary N) is 1. The summed E-state index contributed by atoms with van der Waals surface area (Å²) in [4.78, 5) is 34.1. The Labute approximate surface area is 170 Å². The first-order valence-electron chi connectivity index (χ1n) is 9.18. The van der Waals surface area contributed by atoms with E-state index < -0.39 is 42.4 Å². The van der Waals surface area contributed by atoms with Crippen molar-refractivity contribution in [3.63, 3.8) is 0 Å². The van der Waals surface area contributed by atoms with Gasteiger partial charge in [-0.1, -0.05) is 30.3 Å². The van der Waals surface area contributed by atoms with Crippen LogP contribution in [-0.4, -0.2) is 58.0 Å². The number of ether oxygens (including phenoxy) is 4. The second-order valence-corrected chi connectivity index (χ2v) is 6.75. The van der Waals surface area contributed by atoms with E-state index in [-0.39, 0.29) is 24.0 Å². The zero-order valence-electron chi connectivity index (χ0n) is 15.9. The number of aliphatic hydroxyl groups excluding tert-OH is 1. The normalized spacial score (nSPS) is 29.9. The number of nitrogens with one attached hydrogen (secondary N) is 1. The number of hydrogen-bond acceptors (Lipinski definition) is 10. The minimum atomic E-state index is -1.55. The number of carbonyl (C=O) groups is 1. The van der Waals surface area contributed by atoms with E-state index in [4.69, 9.17) is 24.7 Å². The van der Waals surface area contributed by atoms with Gasteiger partial charge in [-0.2, -0.15) is 0 Å². The molecule has 2 aromatic rings. The van der Waals surface area contributed by atoms with Crippen LogP contribution in [0.3, 0.4) is 0 Å². The molecule has 0 bridgehead atoms.